The number of amides is 1. The lowest BCUT2D eigenvalue weighted by molar-refractivity contribution is 0.102. The third kappa shape index (κ3) is 2.97. The molecule has 0 aliphatic rings. The first-order chi connectivity index (χ1) is 8.19. The Balaban J connectivity index is 2.07. The highest BCUT2D eigenvalue weighted by atomic mass is 79.9. The summed E-state index contributed by atoms with van der Waals surface area (Å²) in [6, 6.07) is 9.60. The number of carbonyl (C=O) groups is 1. The first kappa shape index (κ1) is 11.9. The van der Waals surface area contributed by atoms with Crippen molar-refractivity contribution < 1.29 is 4.79 Å². The van der Waals surface area contributed by atoms with Crippen molar-refractivity contribution in [3.8, 4) is 0 Å². The summed E-state index contributed by atoms with van der Waals surface area (Å²) in [5, 5.41) is 2.83. The van der Waals surface area contributed by atoms with Gasteiger partial charge in [0.1, 0.15) is 5.69 Å². The molecule has 0 aliphatic carbocycles. The van der Waals surface area contributed by atoms with Crippen LogP contribution in [0.15, 0.2) is 41.0 Å². The Bertz CT molecular complexity index is 516. The van der Waals surface area contributed by atoms with E-state index in [1.807, 2.05) is 24.3 Å². The van der Waals surface area contributed by atoms with E-state index in [4.69, 9.17) is 0 Å². The first-order valence-corrected chi connectivity index (χ1v) is 6.22. The fraction of sp³-hybridized carbons (Fsp3) is 0.154. The van der Waals surface area contributed by atoms with Crippen molar-refractivity contribution in [1.82, 2.24) is 4.98 Å². The summed E-state index contributed by atoms with van der Waals surface area (Å²) in [5.41, 5.74) is 2.60. The van der Waals surface area contributed by atoms with Crippen molar-refractivity contribution in [3.05, 3.63) is 52.3 Å². The van der Waals surface area contributed by atoms with Gasteiger partial charge >= 0.3 is 0 Å². The maximum Gasteiger partial charge on any atom is 0.272 e. The minimum Gasteiger partial charge on any atom is -0.356 e. The summed E-state index contributed by atoms with van der Waals surface area (Å²) in [6.07, 6.45) is 2.73. The van der Waals surface area contributed by atoms with E-state index in [1.165, 1.54) is 5.56 Å². The maximum absolute atomic E-state index is 11.8. The zero-order valence-corrected chi connectivity index (χ0v) is 11.0. The van der Waals surface area contributed by atoms with Crippen LogP contribution in [-0.2, 0) is 6.42 Å². The van der Waals surface area contributed by atoms with Crippen molar-refractivity contribution in [2.45, 2.75) is 13.3 Å². The van der Waals surface area contributed by atoms with Gasteiger partial charge in [0, 0.05) is 16.4 Å². The van der Waals surface area contributed by atoms with Gasteiger partial charge in [-0.2, -0.15) is 0 Å². The van der Waals surface area contributed by atoms with Crippen LogP contribution in [0.4, 0.5) is 5.69 Å². The van der Waals surface area contributed by atoms with E-state index in [-0.39, 0.29) is 5.91 Å². The second kappa shape index (κ2) is 5.19. The standard InChI is InChI=1S/C13H13BrN2O/c1-2-9-3-5-11(6-4-9)16-13(17)12-7-10(14)8-15-12/h3-8,15H,2H2,1H3,(H,16,17). The van der Waals surface area contributed by atoms with E-state index < -0.39 is 0 Å². The quantitative estimate of drug-likeness (QED) is 0.892. The molecule has 4 heteroatoms. The number of carbonyl (C=O) groups excluding carboxylic acids is 1. The second-order valence-corrected chi connectivity index (χ2v) is 4.65. The van der Waals surface area contributed by atoms with Gasteiger partial charge in [-0.1, -0.05) is 19.1 Å². The van der Waals surface area contributed by atoms with Gasteiger partial charge in [0.25, 0.3) is 5.91 Å². The van der Waals surface area contributed by atoms with Crippen LogP contribution in [-0.4, -0.2) is 10.9 Å². The largest absolute Gasteiger partial charge is 0.356 e. The Morgan fingerprint density at radius 1 is 1.35 bits per heavy atom. The smallest absolute Gasteiger partial charge is 0.272 e. The number of benzene rings is 1. The lowest BCUT2D eigenvalue weighted by atomic mass is 10.1. The van der Waals surface area contributed by atoms with E-state index in [2.05, 4.69) is 33.2 Å². The van der Waals surface area contributed by atoms with E-state index in [9.17, 15) is 4.79 Å². The topological polar surface area (TPSA) is 44.9 Å². The summed E-state index contributed by atoms with van der Waals surface area (Å²) < 4.78 is 0.865. The molecule has 2 N–H and O–H groups in total. The first-order valence-electron chi connectivity index (χ1n) is 5.43. The summed E-state index contributed by atoms with van der Waals surface area (Å²) in [7, 11) is 0. The predicted octanol–water partition coefficient (Wildman–Crippen LogP) is 3.59. The molecule has 0 bridgehead atoms. The molecule has 0 atom stereocenters. The van der Waals surface area contributed by atoms with Crippen LogP contribution >= 0.6 is 15.9 Å². The average molecular weight is 293 g/mol. The molecule has 0 saturated heterocycles. The minimum absolute atomic E-state index is 0.139. The molecule has 1 amide bonds. The zero-order valence-electron chi connectivity index (χ0n) is 9.46. The Hall–Kier alpha value is -1.55. The van der Waals surface area contributed by atoms with Crippen LogP contribution in [0, 0.1) is 0 Å². The number of hydrogen-bond acceptors (Lipinski definition) is 1. The van der Waals surface area contributed by atoms with Gasteiger partial charge in [-0.05, 0) is 46.1 Å². The third-order valence-corrected chi connectivity index (χ3v) is 2.97. The van der Waals surface area contributed by atoms with Crippen molar-refractivity contribution in [1.29, 1.82) is 0 Å². The highest BCUT2D eigenvalue weighted by molar-refractivity contribution is 9.10. The Kier molecular flexibility index (Phi) is 3.64. The number of nitrogens with one attached hydrogen (secondary N) is 2. The van der Waals surface area contributed by atoms with E-state index in [1.54, 1.807) is 12.3 Å². The van der Waals surface area contributed by atoms with Gasteiger partial charge in [-0.3, -0.25) is 4.79 Å². The minimum atomic E-state index is -0.139. The second-order valence-electron chi connectivity index (χ2n) is 3.74. The highest BCUT2D eigenvalue weighted by Gasteiger charge is 2.07. The Morgan fingerprint density at radius 3 is 2.59 bits per heavy atom. The Labute approximate surface area is 108 Å². The van der Waals surface area contributed by atoms with Crippen LogP contribution in [0.5, 0.6) is 0 Å². The number of anilines is 1. The number of aryl methyl sites for hydroxylation is 1. The molecule has 1 heterocycles. The van der Waals surface area contributed by atoms with Crippen molar-refractivity contribution in [3.63, 3.8) is 0 Å². The summed E-state index contributed by atoms with van der Waals surface area (Å²) in [5.74, 6) is -0.139. The highest BCUT2D eigenvalue weighted by Crippen LogP contribution is 2.14. The molecule has 1 aromatic carbocycles. The number of aromatic nitrogens is 1. The number of hydrogen-bond donors (Lipinski definition) is 2. The molecule has 1 aromatic heterocycles. The molecule has 3 nitrogen and oxygen atoms in total. The molecule has 88 valence electrons. The van der Waals surface area contributed by atoms with Gasteiger partial charge in [0.05, 0.1) is 0 Å². The van der Waals surface area contributed by atoms with Crippen molar-refractivity contribution in [2.24, 2.45) is 0 Å². The van der Waals surface area contributed by atoms with Crippen LogP contribution in [0.1, 0.15) is 23.0 Å². The SMILES string of the molecule is CCc1ccc(NC(=O)c2cc(Br)c[nH]2)cc1. The van der Waals surface area contributed by atoms with E-state index >= 15 is 0 Å². The van der Waals surface area contributed by atoms with Gasteiger partial charge in [0.2, 0.25) is 0 Å². The number of H-pyrrole nitrogens is 1. The van der Waals surface area contributed by atoms with E-state index in [0.717, 1.165) is 16.6 Å². The molecule has 0 unspecified atom stereocenters. The predicted molar refractivity (Wildman–Crippen MR) is 72.3 cm³/mol. The van der Waals surface area contributed by atoms with Gasteiger partial charge < -0.3 is 10.3 Å². The van der Waals surface area contributed by atoms with Crippen LogP contribution in [0.2, 0.25) is 0 Å². The van der Waals surface area contributed by atoms with Crippen LogP contribution in [0.25, 0.3) is 0 Å². The molecule has 2 aromatic rings. The van der Waals surface area contributed by atoms with Gasteiger partial charge in [0.15, 0.2) is 0 Å². The molecule has 0 aliphatic heterocycles. The maximum atomic E-state index is 11.8. The number of rotatable bonds is 3. The monoisotopic (exact) mass is 292 g/mol. The fourth-order valence-electron chi connectivity index (χ4n) is 1.52. The molecule has 2 rings (SSSR count). The number of aromatic amines is 1. The van der Waals surface area contributed by atoms with Crippen molar-refractivity contribution >= 4 is 27.5 Å². The summed E-state index contributed by atoms with van der Waals surface area (Å²) in [4.78, 5) is 14.7. The lowest BCUT2D eigenvalue weighted by Crippen LogP contribution is -2.12. The van der Waals surface area contributed by atoms with E-state index in [0.29, 0.717) is 5.69 Å². The molecular formula is C13H13BrN2O. The fourth-order valence-corrected chi connectivity index (χ4v) is 1.86. The lowest BCUT2D eigenvalue weighted by Gasteiger charge is -2.04. The van der Waals surface area contributed by atoms with Gasteiger partial charge in [-0.25, -0.2) is 0 Å². The average Bonchev–Trinajstić information content (AvgIpc) is 2.77. The molecule has 17 heavy (non-hydrogen) atoms. The third-order valence-electron chi connectivity index (χ3n) is 2.51. The summed E-state index contributed by atoms with van der Waals surface area (Å²) in [6.45, 7) is 2.10. The van der Waals surface area contributed by atoms with Crippen molar-refractivity contribution in [2.75, 3.05) is 5.32 Å². The van der Waals surface area contributed by atoms with Crippen LogP contribution in [0.3, 0.4) is 0 Å². The summed E-state index contributed by atoms with van der Waals surface area (Å²) >= 11 is 3.29. The number of halogens is 1. The zero-order chi connectivity index (χ0) is 12.3. The molecular weight excluding hydrogens is 280 g/mol. The molecule has 0 fully saturated rings. The molecule has 0 saturated carbocycles. The molecule has 0 radical (unpaired) electrons. The molecule has 0 spiro atoms. The normalized spacial score (nSPS) is 10.2. The van der Waals surface area contributed by atoms with Gasteiger partial charge in [-0.15, -0.1) is 0 Å². The Morgan fingerprint density at radius 2 is 2.06 bits per heavy atom. The van der Waals surface area contributed by atoms with Crippen LogP contribution < -0.4 is 5.32 Å².